The molecule has 98 valence electrons. The van der Waals surface area contributed by atoms with Gasteiger partial charge in [-0.2, -0.15) is 31.6 Å². The van der Waals surface area contributed by atoms with Gasteiger partial charge in [-0.05, 0) is 17.7 Å². The van der Waals surface area contributed by atoms with Gasteiger partial charge < -0.3 is 5.73 Å². The van der Waals surface area contributed by atoms with E-state index < -0.39 is 35.1 Å². The zero-order chi connectivity index (χ0) is 14.1. The van der Waals surface area contributed by atoms with Crippen LogP contribution in [0, 0.1) is 11.3 Å². The molecule has 0 saturated heterocycles. The molecule has 0 radical (unpaired) electrons. The van der Waals surface area contributed by atoms with Gasteiger partial charge in [-0.3, -0.25) is 0 Å². The van der Waals surface area contributed by atoms with Crippen LogP contribution in [0.15, 0.2) is 18.2 Å². The lowest BCUT2D eigenvalue weighted by atomic mass is 9.98. The van der Waals surface area contributed by atoms with E-state index in [1.54, 1.807) is 0 Å². The van der Waals surface area contributed by atoms with Crippen molar-refractivity contribution in [2.24, 2.45) is 5.73 Å². The first-order valence-corrected chi connectivity index (χ1v) is 4.51. The van der Waals surface area contributed by atoms with E-state index in [9.17, 15) is 26.3 Å². The average Bonchev–Trinajstić information content (AvgIpc) is 2.24. The molecule has 0 unspecified atom stereocenters. The molecule has 2 N–H and O–H groups in total. The van der Waals surface area contributed by atoms with E-state index in [0.717, 1.165) is 0 Å². The van der Waals surface area contributed by atoms with E-state index in [1.165, 1.54) is 6.07 Å². The highest BCUT2D eigenvalue weighted by atomic mass is 19.4. The minimum absolute atomic E-state index is 0.348. The third kappa shape index (κ3) is 2.92. The second kappa shape index (κ2) is 4.49. The summed E-state index contributed by atoms with van der Waals surface area (Å²) in [6, 6.07) is 0.167. The van der Waals surface area contributed by atoms with Gasteiger partial charge in [0.2, 0.25) is 0 Å². The number of benzene rings is 1. The summed E-state index contributed by atoms with van der Waals surface area (Å²) in [5.41, 5.74) is 2.23. The predicted octanol–water partition coefficient (Wildman–Crippen LogP) is 3.14. The molecule has 1 rings (SSSR count). The van der Waals surface area contributed by atoms with Crippen LogP contribution in [0.3, 0.4) is 0 Å². The molecule has 0 aliphatic rings. The third-order valence-electron chi connectivity index (χ3n) is 2.19. The molecular weight excluding hydrogens is 262 g/mol. The molecule has 1 aromatic carbocycles. The molecule has 0 saturated carbocycles. The highest BCUT2D eigenvalue weighted by Crippen LogP contribution is 2.35. The molecule has 0 aromatic heterocycles. The molecule has 0 aliphatic carbocycles. The summed E-state index contributed by atoms with van der Waals surface area (Å²) in [7, 11) is 0. The Kier molecular flexibility index (Phi) is 3.57. The zero-order valence-corrected chi connectivity index (χ0v) is 8.60. The summed E-state index contributed by atoms with van der Waals surface area (Å²) in [6.07, 6.45) is -9.56. The SMILES string of the molecule is N#Cc1cc(C(F)(F)F)ccc1[C@@H](N)C(F)(F)F. The summed E-state index contributed by atoms with van der Waals surface area (Å²) in [5, 5.41) is 8.58. The fourth-order valence-electron chi connectivity index (χ4n) is 1.28. The van der Waals surface area contributed by atoms with Crippen molar-refractivity contribution in [3.05, 3.63) is 34.9 Å². The van der Waals surface area contributed by atoms with Gasteiger partial charge in [0.05, 0.1) is 17.2 Å². The van der Waals surface area contributed by atoms with Crippen LogP contribution in [0.25, 0.3) is 0 Å². The monoisotopic (exact) mass is 268 g/mol. The molecule has 2 nitrogen and oxygen atoms in total. The van der Waals surface area contributed by atoms with Gasteiger partial charge in [-0.15, -0.1) is 0 Å². The van der Waals surface area contributed by atoms with Crippen molar-refractivity contribution in [1.82, 2.24) is 0 Å². The van der Waals surface area contributed by atoms with Crippen molar-refractivity contribution >= 4 is 0 Å². The first-order chi connectivity index (χ1) is 8.07. The fraction of sp³-hybridized carbons (Fsp3) is 0.300. The molecule has 0 amide bonds. The number of rotatable bonds is 1. The highest BCUT2D eigenvalue weighted by Gasteiger charge is 2.40. The number of nitrogens with zero attached hydrogens (tertiary/aromatic N) is 1. The topological polar surface area (TPSA) is 49.8 Å². The molecule has 0 heterocycles. The minimum atomic E-state index is -4.83. The molecule has 1 aromatic rings. The number of nitrogens with two attached hydrogens (primary N) is 1. The Hall–Kier alpha value is -1.75. The molecule has 0 bridgehead atoms. The summed E-state index contributed by atoms with van der Waals surface area (Å²) in [4.78, 5) is 0. The Morgan fingerprint density at radius 1 is 1.11 bits per heavy atom. The standard InChI is InChI=1S/C10H6F6N2/c11-9(12,13)6-1-2-7(5(3-6)4-17)8(18)10(14,15)16/h1-3,8H,18H2/t8-/m1/s1. The lowest BCUT2D eigenvalue weighted by Crippen LogP contribution is -2.29. The Morgan fingerprint density at radius 3 is 2.06 bits per heavy atom. The molecule has 1 atom stereocenters. The van der Waals surface area contributed by atoms with Gasteiger partial charge in [-0.1, -0.05) is 6.07 Å². The maximum absolute atomic E-state index is 12.3. The minimum Gasteiger partial charge on any atom is -0.316 e. The van der Waals surface area contributed by atoms with Crippen LogP contribution in [0.4, 0.5) is 26.3 Å². The van der Waals surface area contributed by atoms with Gasteiger partial charge in [0.15, 0.2) is 0 Å². The number of nitriles is 1. The van der Waals surface area contributed by atoms with E-state index in [1.807, 2.05) is 0 Å². The Balaban J connectivity index is 3.30. The van der Waals surface area contributed by atoms with Gasteiger partial charge >= 0.3 is 12.4 Å². The predicted molar refractivity (Wildman–Crippen MR) is 49.1 cm³/mol. The molecule has 0 spiro atoms. The van der Waals surface area contributed by atoms with E-state index in [0.29, 0.717) is 18.2 Å². The van der Waals surface area contributed by atoms with Crippen molar-refractivity contribution in [1.29, 1.82) is 5.26 Å². The second-order valence-electron chi connectivity index (χ2n) is 3.43. The summed E-state index contributed by atoms with van der Waals surface area (Å²) >= 11 is 0. The van der Waals surface area contributed by atoms with Gasteiger partial charge in [-0.25, -0.2) is 0 Å². The van der Waals surface area contributed by atoms with Crippen molar-refractivity contribution in [2.45, 2.75) is 18.4 Å². The number of halogens is 6. The lowest BCUT2D eigenvalue weighted by Gasteiger charge is -2.18. The van der Waals surface area contributed by atoms with Gasteiger partial charge in [0, 0.05) is 0 Å². The van der Waals surface area contributed by atoms with Crippen LogP contribution >= 0.6 is 0 Å². The van der Waals surface area contributed by atoms with Crippen molar-refractivity contribution in [3.8, 4) is 6.07 Å². The van der Waals surface area contributed by atoms with Gasteiger partial charge in [0.25, 0.3) is 0 Å². The zero-order valence-electron chi connectivity index (χ0n) is 8.60. The van der Waals surface area contributed by atoms with Crippen LogP contribution in [0.2, 0.25) is 0 Å². The first kappa shape index (κ1) is 14.3. The van der Waals surface area contributed by atoms with Gasteiger partial charge in [0.1, 0.15) is 6.04 Å². The number of hydrogen-bond donors (Lipinski definition) is 1. The summed E-state index contributed by atoms with van der Waals surface area (Å²) < 4.78 is 73.9. The van der Waals surface area contributed by atoms with Crippen LogP contribution < -0.4 is 5.73 Å². The Bertz CT molecular complexity index is 483. The summed E-state index contributed by atoms with van der Waals surface area (Å²) in [6.45, 7) is 0. The van der Waals surface area contributed by atoms with Crippen LogP contribution in [-0.4, -0.2) is 6.18 Å². The maximum atomic E-state index is 12.3. The van der Waals surface area contributed by atoms with Crippen LogP contribution in [0.5, 0.6) is 0 Å². The van der Waals surface area contributed by atoms with E-state index in [2.05, 4.69) is 0 Å². The smallest absolute Gasteiger partial charge is 0.316 e. The molecule has 0 fully saturated rings. The largest absolute Gasteiger partial charge is 0.416 e. The summed E-state index contributed by atoms with van der Waals surface area (Å²) in [5.74, 6) is 0. The molecule has 8 heteroatoms. The average molecular weight is 268 g/mol. The lowest BCUT2D eigenvalue weighted by molar-refractivity contribution is -0.149. The van der Waals surface area contributed by atoms with E-state index in [4.69, 9.17) is 11.0 Å². The Morgan fingerprint density at radius 2 is 1.67 bits per heavy atom. The highest BCUT2D eigenvalue weighted by molar-refractivity contribution is 5.43. The number of alkyl halides is 6. The first-order valence-electron chi connectivity index (χ1n) is 4.51. The van der Waals surface area contributed by atoms with Crippen molar-refractivity contribution < 1.29 is 26.3 Å². The second-order valence-corrected chi connectivity index (χ2v) is 3.43. The Labute approximate surface area is 97.6 Å². The van der Waals surface area contributed by atoms with Crippen molar-refractivity contribution in [2.75, 3.05) is 0 Å². The molecular formula is C10H6F6N2. The third-order valence-corrected chi connectivity index (χ3v) is 2.19. The fourth-order valence-corrected chi connectivity index (χ4v) is 1.28. The normalized spacial score (nSPS) is 14.1. The van der Waals surface area contributed by atoms with Crippen LogP contribution in [0.1, 0.15) is 22.7 Å². The van der Waals surface area contributed by atoms with Crippen LogP contribution in [-0.2, 0) is 6.18 Å². The molecule has 18 heavy (non-hydrogen) atoms. The van der Waals surface area contributed by atoms with E-state index in [-0.39, 0.29) is 0 Å². The van der Waals surface area contributed by atoms with E-state index >= 15 is 0 Å². The number of hydrogen-bond acceptors (Lipinski definition) is 2. The quantitative estimate of drug-likeness (QED) is 0.795. The molecule has 0 aliphatic heterocycles. The maximum Gasteiger partial charge on any atom is 0.416 e. The van der Waals surface area contributed by atoms with Crippen molar-refractivity contribution in [3.63, 3.8) is 0 Å².